The van der Waals surface area contributed by atoms with E-state index in [-0.39, 0.29) is 24.3 Å². The summed E-state index contributed by atoms with van der Waals surface area (Å²) in [6.45, 7) is 4.25. The van der Waals surface area contributed by atoms with Crippen LogP contribution >= 0.6 is 23.2 Å². The Kier molecular flexibility index (Phi) is 6.35. The van der Waals surface area contributed by atoms with E-state index in [0.717, 1.165) is 39.1 Å². The molecule has 4 aliphatic rings. The number of hydrogen-bond donors (Lipinski definition) is 1. The van der Waals surface area contributed by atoms with Crippen LogP contribution in [0.15, 0.2) is 66.7 Å². The molecule has 7 rings (SSSR count). The first kappa shape index (κ1) is 26.1. The second-order valence-corrected chi connectivity index (χ2v) is 12.2. The number of nitrogens with zero attached hydrogens (tertiary/aromatic N) is 1. The minimum Gasteiger partial charge on any atom is -0.326 e. The molecule has 0 aromatic heterocycles. The minimum absolute atomic E-state index is 0.0386. The first-order valence-corrected chi connectivity index (χ1v) is 14.2. The molecule has 0 saturated carbocycles. The lowest BCUT2D eigenvalue weighted by atomic mass is 9.54. The van der Waals surface area contributed by atoms with E-state index in [9.17, 15) is 14.4 Å². The standard InChI is InChI=1S/C32H30Cl2N2O3/c1-19-15-16-20(2)25(18-19)35-26(37)14-4-3-9-17-36-29(38)27-28(30(36)39)32(34)22-11-6-5-10-21(22)31(27,33)23-12-7-8-13-24(23)32/h5-8,10-13,15-16,18,27-28H,3-4,9,14,17H2,1-2H3,(H,35,37)/t27-,28+,31?,32?. The lowest BCUT2D eigenvalue weighted by molar-refractivity contribution is -0.140. The van der Waals surface area contributed by atoms with Crippen molar-refractivity contribution < 1.29 is 14.4 Å². The van der Waals surface area contributed by atoms with E-state index in [1.54, 1.807) is 0 Å². The second kappa shape index (κ2) is 9.50. The number of rotatable bonds is 7. The van der Waals surface area contributed by atoms with Gasteiger partial charge in [-0.15, -0.1) is 23.2 Å². The molecule has 7 heteroatoms. The Bertz CT molecular complexity index is 1400. The molecule has 0 spiro atoms. The predicted octanol–water partition coefficient (Wildman–Crippen LogP) is 6.40. The molecule has 2 bridgehead atoms. The Morgan fingerprint density at radius 2 is 1.31 bits per heavy atom. The highest BCUT2D eigenvalue weighted by atomic mass is 35.5. The van der Waals surface area contributed by atoms with Gasteiger partial charge in [0.1, 0.15) is 9.75 Å². The number of carbonyl (C=O) groups is 3. The summed E-state index contributed by atoms with van der Waals surface area (Å²) < 4.78 is 0. The number of carbonyl (C=O) groups excluding carboxylic acids is 3. The molecule has 2 atom stereocenters. The topological polar surface area (TPSA) is 66.5 Å². The van der Waals surface area contributed by atoms with Gasteiger partial charge in [0.15, 0.2) is 0 Å². The molecule has 1 saturated heterocycles. The van der Waals surface area contributed by atoms with Crippen molar-refractivity contribution >= 4 is 46.6 Å². The number of anilines is 1. The minimum atomic E-state index is -1.15. The lowest BCUT2D eigenvalue weighted by Crippen LogP contribution is -2.57. The molecule has 1 fully saturated rings. The molecule has 1 N–H and O–H groups in total. The summed E-state index contributed by atoms with van der Waals surface area (Å²) in [6.07, 6.45) is 2.36. The van der Waals surface area contributed by atoms with Gasteiger partial charge in [0.25, 0.3) is 0 Å². The SMILES string of the molecule is Cc1ccc(C)c(NC(=O)CCCCCN2C(=O)[C@@H]3[C@H](C2=O)C2(Cl)c4ccccc4C3(Cl)c3ccccc32)c1. The maximum absolute atomic E-state index is 13.8. The number of nitrogens with one attached hydrogen (secondary N) is 1. The number of unbranched alkanes of at least 4 members (excludes halogenated alkanes) is 2. The Balaban J connectivity index is 1.16. The Labute approximate surface area is 238 Å². The van der Waals surface area contributed by atoms with Crippen molar-refractivity contribution in [3.05, 3.63) is 100 Å². The maximum Gasteiger partial charge on any atom is 0.235 e. The smallest absolute Gasteiger partial charge is 0.235 e. The number of halogens is 2. The summed E-state index contributed by atoms with van der Waals surface area (Å²) in [5.74, 6) is -2.10. The van der Waals surface area contributed by atoms with Crippen LogP contribution in [-0.4, -0.2) is 29.2 Å². The molecule has 39 heavy (non-hydrogen) atoms. The van der Waals surface area contributed by atoms with E-state index in [1.165, 1.54) is 4.90 Å². The van der Waals surface area contributed by atoms with E-state index in [2.05, 4.69) is 5.32 Å². The third kappa shape index (κ3) is 3.77. The van der Waals surface area contributed by atoms with Gasteiger partial charge in [-0.2, -0.15) is 0 Å². The van der Waals surface area contributed by atoms with Crippen molar-refractivity contribution in [2.75, 3.05) is 11.9 Å². The largest absolute Gasteiger partial charge is 0.326 e. The molecule has 3 aliphatic carbocycles. The van der Waals surface area contributed by atoms with E-state index >= 15 is 0 Å². The fourth-order valence-corrected chi connectivity index (χ4v) is 7.86. The number of alkyl halides is 2. The van der Waals surface area contributed by atoms with Crippen LogP contribution in [-0.2, 0) is 24.1 Å². The van der Waals surface area contributed by atoms with E-state index < -0.39 is 21.6 Å². The average molecular weight is 562 g/mol. The summed E-state index contributed by atoms with van der Waals surface area (Å²) in [4.78, 5) is 39.2. The molecular formula is C32H30Cl2N2O3. The zero-order valence-electron chi connectivity index (χ0n) is 22.0. The van der Waals surface area contributed by atoms with Crippen molar-refractivity contribution in [2.24, 2.45) is 11.8 Å². The fraction of sp³-hybridized carbons (Fsp3) is 0.344. The Morgan fingerprint density at radius 1 is 0.795 bits per heavy atom. The van der Waals surface area contributed by atoms with E-state index in [0.29, 0.717) is 25.7 Å². The summed E-state index contributed by atoms with van der Waals surface area (Å²) in [6, 6.07) is 21.3. The van der Waals surface area contributed by atoms with Gasteiger partial charge in [0.2, 0.25) is 17.7 Å². The molecule has 5 nitrogen and oxygen atoms in total. The highest BCUT2D eigenvalue weighted by molar-refractivity contribution is 6.36. The number of hydrogen-bond acceptors (Lipinski definition) is 3. The molecule has 3 amide bonds. The number of likely N-dealkylation sites (tertiary alicyclic amines) is 1. The van der Waals surface area contributed by atoms with Crippen LogP contribution in [0.3, 0.4) is 0 Å². The van der Waals surface area contributed by atoms with Crippen molar-refractivity contribution in [1.29, 1.82) is 0 Å². The molecule has 3 aromatic carbocycles. The van der Waals surface area contributed by atoms with Crippen LogP contribution in [0.4, 0.5) is 5.69 Å². The third-order valence-electron chi connectivity index (χ3n) is 8.63. The van der Waals surface area contributed by atoms with Gasteiger partial charge in [0.05, 0.1) is 11.8 Å². The zero-order valence-corrected chi connectivity index (χ0v) is 23.5. The second-order valence-electron chi connectivity index (χ2n) is 11.0. The van der Waals surface area contributed by atoms with Crippen LogP contribution < -0.4 is 5.32 Å². The lowest BCUT2D eigenvalue weighted by Gasteiger charge is -2.54. The van der Waals surface area contributed by atoms with Crippen LogP contribution in [0, 0.1) is 25.7 Å². The van der Waals surface area contributed by atoms with Gasteiger partial charge < -0.3 is 5.32 Å². The highest BCUT2D eigenvalue weighted by Crippen LogP contribution is 2.69. The summed E-state index contributed by atoms with van der Waals surface area (Å²) in [5.41, 5.74) is 6.16. The number of aryl methyl sites for hydroxylation is 2. The molecule has 200 valence electrons. The normalized spacial score (nSPS) is 26.3. The van der Waals surface area contributed by atoms with Crippen LogP contribution in [0.5, 0.6) is 0 Å². The fourth-order valence-electron chi connectivity index (χ4n) is 6.76. The van der Waals surface area contributed by atoms with Gasteiger partial charge in [0, 0.05) is 18.7 Å². The molecule has 1 heterocycles. The molecular weight excluding hydrogens is 531 g/mol. The Morgan fingerprint density at radius 3 is 1.82 bits per heavy atom. The van der Waals surface area contributed by atoms with Gasteiger partial charge in [-0.3, -0.25) is 19.3 Å². The molecule has 3 aromatic rings. The quantitative estimate of drug-likeness (QED) is 0.206. The van der Waals surface area contributed by atoms with E-state index in [1.807, 2.05) is 80.6 Å². The molecule has 0 unspecified atom stereocenters. The number of benzene rings is 3. The van der Waals surface area contributed by atoms with E-state index in [4.69, 9.17) is 23.2 Å². The molecule has 1 aliphatic heterocycles. The average Bonchev–Trinajstić information content (AvgIpc) is 3.19. The number of imide groups is 1. The van der Waals surface area contributed by atoms with Crippen LogP contribution in [0.2, 0.25) is 0 Å². The maximum atomic E-state index is 13.8. The monoisotopic (exact) mass is 560 g/mol. The predicted molar refractivity (Wildman–Crippen MR) is 153 cm³/mol. The van der Waals surface area contributed by atoms with Crippen molar-refractivity contribution in [1.82, 2.24) is 4.90 Å². The van der Waals surface area contributed by atoms with Crippen molar-refractivity contribution in [2.45, 2.75) is 49.3 Å². The third-order valence-corrected chi connectivity index (χ3v) is 9.91. The van der Waals surface area contributed by atoms with Crippen LogP contribution in [0.1, 0.15) is 59.1 Å². The number of amides is 3. The highest BCUT2D eigenvalue weighted by Gasteiger charge is 2.72. The first-order valence-electron chi connectivity index (χ1n) is 13.5. The Hall–Kier alpha value is -3.15. The van der Waals surface area contributed by atoms with Crippen molar-refractivity contribution in [3.8, 4) is 0 Å². The first-order chi connectivity index (χ1) is 18.7. The zero-order chi connectivity index (χ0) is 27.5. The van der Waals surface area contributed by atoms with Crippen LogP contribution in [0.25, 0.3) is 0 Å². The van der Waals surface area contributed by atoms with Gasteiger partial charge in [-0.1, -0.05) is 67.1 Å². The molecule has 0 radical (unpaired) electrons. The van der Waals surface area contributed by atoms with Gasteiger partial charge in [-0.05, 0) is 66.1 Å². The van der Waals surface area contributed by atoms with Gasteiger partial charge in [-0.25, -0.2) is 0 Å². The van der Waals surface area contributed by atoms with Gasteiger partial charge >= 0.3 is 0 Å². The summed E-state index contributed by atoms with van der Waals surface area (Å²) in [7, 11) is 0. The summed E-state index contributed by atoms with van der Waals surface area (Å²) in [5, 5.41) is 2.99. The summed E-state index contributed by atoms with van der Waals surface area (Å²) >= 11 is 14.9. The van der Waals surface area contributed by atoms with Crippen molar-refractivity contribution in [3.63, 3.8) is 0 Å².